The van der Waals surface area contributed by atoms with E-state index in [4.69, 9.17) is 11.6 Å². The highest BCUT2D eigenvalue weighted by Gasteiger charge is 2.29. The molecule has 2 atom stereocenters. The highest BCUT2D eigenvalue weighted by Crippen LogP contribution is 2.41. The van der Waals surface area contributed by atoms with E-state index in [0.717, 1.165) is 29.0 Å². The highest BCUT2D eigenvalue weighted by atomic mass is 79.9. The Balaban J connectivity index is 1.98. The van der Waals surface area contributed by atoms with E-state index in [9.17, 15) is 0 Å². The molecule has 0 saturated carbocycles. The van der Waals surface area contributed by atoms with Gasteiger partial charge in [-0.25, -0.2) is 0 Å². The maximum Gasteiger partial charge on any atom is 0.0409 e. The van der Waals surface area contributed by atoms with Gasteiger partial charge in [-0.05, 0) is 55.1 Å². The van der Waals surface area contributed by atoms with Gasteiger partial charge in [-0.15, -0.1) is 0 Å². The molecule has 1 nitrogen and oxygen atoms in total. The highest BCUT2D eigenvalue weighted by molar-refractivity contribution is 9.10. The van der Waals surface area contributed by atoms with E-state index in [-0.39, 0.29) is 0 Å². The molecule has 2 aromatic rings. The summed E-state index contributed by atoms with van der Waals surface area (Å²) in [5, 5.41) is 4.35. The first kappa shape index (κ1) is 15.1. The number of aryl methyl sites for hydroxylation is 1. The van der Waals surface area contributed by atoms with Gasteiger partial charge in [0.1, 0.15) is 0 Å². The van der Waals surface area contributed by atoms with Crippen molar-refractivity contribution >= 4 is 27.5 Å². The smallest absolute Gasteiger partial charge is 0.0409 e. The lowest BCUT2D eigenvalue weighted by atomic mass is 9.77. The molecule has 0 aliphatic carbocycles. The van der Waals surface area contributed by atoms with Crippen molar-refractivity contribution in [3.63, 3.8) is 0 Å². The maximum absolute atomic E-state index is 6.21. The van der Waals surface area contributed by atoms with E-state index in [0.29, 0.717) is 11.8 Å². The minimum absolute atomic E-state index is 0.495. The zero-order chi connectivity index (χ0) is 14.8. The van der Waals surface area contributed by atoms with Crippen LogP contribution in [0.15, 0.2) is 46.9 Å². The molecule has 2 aromatic carbocycles. The molecule has 1 heterocycles. The van der Waals surface area contributed by atoms with E-state index >= 15 is 0 Å². The number of piperidine rings is 1. The van der Waals surface area contributed by atoms with Crippen LogP contribution in [0.4, 0.5) is 0 Å². The second-order valence-corrected chi connectivity index (χ2v) is 7.07. The van der Waals surface area contributed by atoms with E-state index in [1.807, 2.05) is 6.07 Å². The fourth-order valence-electron chi connectivity index (χ4n) is 3.19. The van der Waals surface area contributed by atoms with Gasteiger partial charge < -0.3 is 5.32 Å². The second kappa shape index (κ2) is 6.51. The van der Waals surface area contributed by atoms with Gasteiger partial charge in [0, 0.05) is 22.0 Å². The summed E-state index contributed by atoms with van der Waals surface area (Å²) in [6, 6.07) is 15.0. The van der Waals surface area contributed by atoms with Crippen molar-refractivity contribution < 1.29 is 0 Å². The molecule has 110 valence electrons. The number of hydrogen-bond acceptors (Lipinski definition) is 1. The molecule has 0 spiro atoms. The van der Waals surface area contributed by atoms with Gasteiger partial charge in [0.2, 0.25) is 0 Å². The lowest BCUT2D eigenvalue weighted by Gasteiger charge is -2.33. The Morgan fingerprint density at radius 3 is 2.62 bits per heavy atom. The van der Waals surface area contributed by atoms with Gasteiger partial charge >= 0.3 is 0 Å². The molecule has 0 bridgehead atoms. The number of benzene rings is 2. The molecular formula is C18H19BrClN. The lowest BCUT2D eigenvalue weighted by molar-refractivity contribution is 0.403. The summed E-state index contributed by atoms with van der Waals surface area (Å²) in [7, 11) is 0. The van der Waals surface area contributed by atoms with Crippen LogP contribution in [-0.2, 0) is 0 Å². The van der Waals surface area contributed by atoms with Crippen LogP contribution in [-0.4, -0.2) is 13.1 Å². The molecule has 1 saturated heterocycles. The molecule has 0 amide bonds. The molecule has 21 heavy (non-hydrogen) atoms. The van der Waals surface area contributed by atoms with E-state index in [2.05, 4.69) is 64.6 Å². The third-order valence-electron chi connectivity index (χ3n) is 4.35. The molecule has 3 heteroatoms. The third-order valence-corrected chi connectivity index (χ3v) is 5.30. The predicted molar refractivity (Wildman–Crippen MR) is 93.3 cm³/mol. The van der Waals surface area contributed by atoms with Crippen LogP contribution in [0.5, 0.6) is 0 Å². The zero-order valence-corrected chi connectivity index (χ0v) is 14.4. The molecule has 0 radical (unpaired) electrons. The van der Waals surface area contributed by atoms with E-state index < -0.39 is 0 Å². The van der Waals surface area contributed by atoms with Crippen molar-refractivity contribution in [2.45, 2.75) is 25.2 Å². The Morgan fingerprint density at radius 2 is 1.86 bits per heavy atom. The largest absolute Gasteiger partial charge is 0.316 e. The van der Waals surface area contributed by atoms with Gasteiger partial charge in [-0.2, -0.15) is 0 Å². The van der Waals surface area contributed by atoms with Crippen molar-refractivity contribution in [1.82, 2.24) is 5.32 Å². The Kier molecular flexibility index (Phi) is 4.68. The maximum atomic E-state index is 6.21. The van der Waals surface area contributed by atoms with Gasteiger partial charge in [0.15, 0.2) is 0 Å². The topological polar surface area (TPSA) is 12.0 Å². The van der Waals surface area contributed by atoms with Crippen LogP contribution in [0.25, 0.3) is 0 Å². The van der Waals surface area contributed by atoms with Crippen LogP contribution in [0.1, 0.15) is 34.9 Å². The number of rotatable bonds is 2. The van der Waals surface area contributed by atoms with Gasteiger partial charge in [0.25, 0.3) is 0 Å². The number of nitrogens with one attached hydrogen (secondary N) is 1. The minimum Gasteiger partial charge on any atom is -0.316 e. The van der Waals surface area contributed by atoms with E-state index in [1.165, 1.54) is 16.7 Å². The molecule has 3 rings (SSSR count). The summed E-state index contributed by atoms with van der Waals surface area (Å²) in [6.45, 7) is 4.21. The molecule has 1 aliphatic rings. The molecule has 0 aromatic heterocycles. The summed E-state index contributed by atoms with van der Waals surface area (Å²) < 4.78 is 1.16. The summed E-state index contributed by atoms with van der Waals surface area (Å²) in [4.78, 5) is 0. The monoisotopic (exact) mass is 363 g/mol. The molecule has 2 unspecified atom stereocenters. The fourth-order valence-corrected chi connectivity index (χ4v) is 3.91. The third kappa shape index (κ3) is 3.33. The van der Waals surface area contributed by atoms with Crippen molar-refractivity contribution in [2.24, 2.45) is 0 Å². The fraction of sp³-hybridized carbons (Fsp3) is 0.333. The normalized spacial score (nSPS) is 22.2. The standard InChI is InChI=1S/C18H19BrClN/c1-12-2-4-13(5-3-12)17-11-21-9-8-15(17)16-10-14(20)6-7-18(16)19/h2-7,10,15,17,21H,8-9,11H2,1H3. The zero-order valence-electron chi connectivity index (χ0n) is 12.1. The van der Waals surface area contributed by atoms with Crippen LogP contribution in [0, 0.1) is 6.92 Å². The Hall–Kier alpha value is -0.830. The molecule has 1 fully saturated rings. The van der Waals surface area contributed by atoms with E-state index in [1.54, 1.807) is 0 Å². The van der Waals surface area contributed by atoms with Gasteiger partial charge in [-0.3, -0.25) is 0 Å². The van der Waals surface area contributed by atoms with Crippen LogP contribution < -0.4 is 5.32 Å². The summed E-state index contributed by atoms with van der Waals surface area (Å²) in [5.74, 6) is 0.996. The first-order valence-corrected chi connectivity index (χ1v) is 8.54. The SMILES string of the molecule is Cc1ccc(C2CNCCC2c2cc(Cl)ccc2Br)cc1. The number of halogens is 2. The Morgan fingerprint density at radius 1 is 1.10 bits per heavy atom. The molecule has 1 aliphatic heterocycles. The number of hydrogen-bond donors (Lipinski definition) is 1. The van der Waals surface area contributed by atoms with Crippen molar-refractivity contribution in [1.29, 1.82) is 0 Å². The van der Waals surface area contributed by atoms with Gasteiger partial charge in [0.05, 0.1) is 0 Å². The quantitative estimate of drug-likeness (QED) is 0.765. The van der Waals surface area contributed by atoms with Crippen LogP contribution in [0.2, 0.25) is 5.02 Å². The van der Waals surface area contributed by atoms with Crippen LogP contribution in [0.3, 0.4) is 0 Å². The Labute approximate surface area is 139 Å². The minimum atomic E-state index is 0.495. The van der Waals surface area contributed by atoms with Gasteiger partial charge in [-0.1, -0.05) is 57.4 Å². The Bertz CT molecular complexity index is 624. The second-order valence-electron chi connectivity index (χ2n) is 5.78. The first-order valence-electron chi connectivity index (χ1n) is 7.37. The average Bonchev–Trinajstić information content (AvgIpc) is 2.51. The average molecular weight is 365 g/mol. The summed E-state index contributed by atoms with van der Waals surface area (Å²) >= 11 is 9.91. The van der Waals surface area contributed by atoms with Crippen molar-refractivity contribution in [3.05, 3.63) is 68.7 Å². The lowest BCUT2D eigenvalue weighted by Crippen LogP contribution is -2.34. The predicted octanol–water partition coefficient (Wildman–Crippen LogP) is 5.27. The first-order chi connectivity index (χ1) is 10.1. The summed E-state index contributed by atoms with van der Waals surface area (Å²) in [6.07, 6.45) is 1.14. The van der Waals surface area contributed by atoms with Crippen molar-refractivity contribution in [2.75, 3.05) is 13.1 Å². The summed E-state index contributed by atoms with van der Waals surface area (Å²) in [5.41, 5.74) is 4.04. The molecule has 1 N–H and O–H groups in total. The van der Waals surface area contributed by atoms with Crippen molar-refractivity contribution in [3.8, 4) is 0 Å². The molecular weight excluding hydrogens is 346 g/mol. The van der Waals surface area contributed by atoms with Crippen LogP contribution >= 0.6 is 27.5 Å².